The van der Waals surface area contributed by atoms with Crippen molar-refractivity contribution in [3.8, 4) is 17.2 Å². The first-order valence-electron chi connectivity index (χ1n) is 11.4. The number of hydrogen-bond donors (Lipinski definition) is 0. The van der Waals surface area contributed by atoms with E-state index in [9.17, 15) is 4.79 Å². The van der Waals surface area contributed by atoms with Gasteiger partial charge in [-0.15, -0.1) is 0 Å². The van der Waals surface area contributed by atoms with Crippen LogP contribution in [0.4, 0.5) is 0 Å². The highest BCUT2D eigenvalue weighted by Gasteiger charge is 2.69. The Morgan fingerprint density at radius 2 is 1.76 bits per heavy atom. The number of hydrogen-bond acceptors (Lipinski definition) is 8. The van der Waals surface area contributed by atoms with E-state index in [2.05, 4.69) is 19.0 Å². The lowest BCUT2D eigenvalue weighted by atomic mass is 9.60. The van der Waals surface area contributed by atoms with Crippen molar-refractivity contribution in [3.05, 3.63) is 40.4 Å². The standard InChI is InChI=1S/C26H33NO7/c1-9-19(28)34-27-17-12-16-10-14(2)25(3)13-15-11-18(29-4)22(31-6)23(32-7)20(15)26(16,25)24(33-8)21(17)30-5/h11-12,14H,9-10,13H2,1-8H3/b27-17+/t14-,25+,26?/m0/s1. The van der Waals surface area contributed by atoms with Crippen LogP contribution in [0.2, 0.25) is 0 Å². The summed E-state index contributed by atoms with van der Waals surface area (Å²) in [6.45, 7) is 6.25. The van der Waals surface area contributed by atoms with Gasteiger partial charge in [-0.25, -0.2) is 4.79 Å². The zero-order valence-electron chi connectivity index (χ0n) is 21.2. The van der Waals surface area contributed by atoms with E-state index in [1.54, 1.807) is 42.5 Å². The maximum Gasteiger partial charge on any atom is 0.334 e. The Morgan fingerprint density at radius 3 is 2.32 bits per heavy atom. The molecule has 1 aromatic carbocycles. The Hall–Kier alpha value is -3.16. The van der Waals surface area contributed by atoms with Gasteiger partial charge in [0.25, 0.3) is 0 Å². The molecule has 1 fully saturated rings. The van der Waals surface area contributed by atoms with Crippen LogP contribution in [0.3, 0.4) is 0 Å². The van der Waals surface area contributed by atoms with Gasteiger partial charge in [-0.3, -0.25) is 0 Å². The molecule has 8 nitrogen and oxygen atoms in total. The van der Waals surface area contributed by atoms with Gasteiger partial charge in [0.05, 0.1) is 41.0 Å². The predicted octanol–water partition coefficient (Wildman–Crippen LogP) is 4.31. The molecule has 0 N–H and O–H groups in total. The quantitative estimate of drug-likeness (QED) is 0.433. The van der Waals surface area contributed by atoms with E-state index in [1.165, 1.54) is 0 Å². The summed E-state index contributed by atoms with van der Waals surface area (Å²) in [5, 5.41) is 4.14. The molecule has 0 saturated heterocycles. The number of nitrogens with zero attached hydrogens (tertiary/aromatic N) is 1. The third kappa shape index (κ3) is 2.90. The molecule has 3 aliphatic carbocycles. The first-order valence-corrected chi connectivity index (χ1v) is 11.4. The van der Waals surface area contributed by atoms with Gasteiger partial charge in [0.1, 0.15) is 5.71 Å². The summed E-state index contributed by atoms with van der Waals surface area (Å²) in [6.07, 6.45) is 3.80. The molecule has 0 radical (unpaired) electrons. The zero-order valence-corrected chi connectivity index (χ0v) is 21.2. The lowest BCUT2D eigenvalue weighted by molar-refractivity contribution is -0.143. The van der Waals surface area contributed by atoms with Crippen molar-refractivity contribution in [1.29, 1.82) is 0 Å². The molecule has 1 aromatic rings. The number of ether oxygens (including phenoxy) is 5. The van der Waals surface area contributed by atoms with Crippen LogP contribution in [0.5, 0.6) is 17.2 Å². The lowest BCUT2D eigenvalue weighted by Gasteiger charge is -2.44. The average Bonchev–Trinajstić information content (AvgIpc) is 3.23. The van der Waals surface area contributed by atoms with Crippen molar-refractivity contribution < 1.29 is 33.3 Å². The average molecular weight is 472 g/mol. The Balaban J connectivity index is 2.09. The molecule has 1 unspecified atom stereocenters. The summed E-state index contributed by atoms with van der Waals surface area (Å²) in [7, 11) is 8.07. The van der Waals surface area contributed by atoms with Crippen LogP contribution in [-0.4, -0.2) is 47.2 Å². The molecular formula is C26H33NO7. The van der Waals surface area contributed by atoms with Crippen LogP contribution < -0.4 is 14.2 Å². The molecule has 1 spiro atoms. The molecule has 0 aromatic heterocycles. The maximum absolute atomic E-state index is 11.8. The van der Waals surface area contributed by atoms with Crippen molar-refractivity contribution in [1.82, 2.24) is 0 Å². The fraction of sp³-hybridized carbons (Fsp3) is 0.538. The topological polar surface area (TPSA) is 84.8 Å². The van der Waals surface area contributed by atoms with E-state index in [4.69, 9.17) is 28.5 Å². The van der Waals surface area contributed by atoms with Crippen molar-refractivity contribution in [2.45, 2.75) is 45.4 Å². The molecule has 34 heavy (non-hydrogen) atoms. The van der Waals surface area contributed by atoms with E-state index < -0.39 is 11.4 Å². The molecule has 0 amide bonds. The molecule has 8 heteroatoms. The summed E-state index contributed by atoms with van der Waals surface area (Å²) in [4.78, 5) is 16.9. The minimum absolute atomic E-state index is 0.224. The second kappa shape index (κ2) is 8.56. The number of carbonyl (C=O) groups is 1. The SMILES string of the molecule is CCC(=O)O/N=C1\C=C2C[C@H](C)[C@@]3(C)Cc4cc(OC)c(OC)c(OC)c4C23C(OC)=C1OC. The Morgan fingerprint density at radius 1 is 1.06 bits per heavy atom. The highest BCUT2D eigenvalue weighted by Crippen LogP contribution is 2.72. The van der Waals surface area contributed by atoms with Crippen molar-refractivity contribution in [3.63, 3.8) is 0 Å². The van der Waals surface area contributed by atoms with Gasteiger partial charge in [-0.05, 0) is 47.5 Å². The van der Waals surface area contributed by atoms with Crippen molar-refractivity contribution in [2.24, 2.45) is 16.5 Å². The van der Waals surface area contributed by atoms with Gasteiger partial charge in [0.15, 0.2) is 23.0 Å². The molecule has 1 saturated carbocycles. The van der Waals surface area contributed by atoms with Gasteiger partial charge >= 0.3 is 5.97 Å². The number of carbonyl (C=O) groups excluding carboxylic acids is 1. The fourth-order valence-corrected chi connectivity index (χ4v) is 6.23. The fourth-order valence-electron chi connectivity index (χ4n) is 6.23. The monoisotopic (exact) mass is 471 g/mol. The van der Waals surface area contributed by atoms with E-state index in [0.717, 1.165) is 29.5 Å². The van der Waals surface area contributed by atoms with Crippen LogP contribution in [0, 0.1) is 11.3 Å². The number of fused-ring (bicyclic) bond motifs is 1. The molecular weight excluding hydrogens is 438 g/mol. The van der Waals surface area contributed by atoms with Crippen LogP contribution in [0.1, 0.15) is 44.7 Å². The summed E-state index contributed by atoms with van der Waals surface area (Å²) in [6, 6.07) is 2.03. The van der Waals surface area contributed by atoms with Gasteiger partial charge in [0.2, 0.25) is 5.75 Å². The molecule has 3 aliphatic rings. The Bertz CT molecular complexity index is 1120. The first kappa shape index (κ1) is 24.0. The lowest BCUT2D eigenvalue weighted by Crippen LogP contribution is -2.45. The van der Waals surface area contributed by atoms with Gasteiger partial charge in [-0.2, -0.15) is 0 Å². The van der Waals surface area contributed by atoms with Crippen molar-refractivity contribution in [2.75, 3.05) is 35.5 Å². The Kier molecular flexibility index (Phi) is 6.04. The normalized spacial score (nSPS) is 28.1. The van der Waals surface area contributed by atoms with E-state index in [0.29, 0.717) is 40.4 Å². The third-order valence-electron chi connectivity index (χ3n) is 7.83. The molecule has 0 heterocycles. The molecule has 3 atom stereocenters. The minimum atomic E-state index is -0.666. The molecule has 4 rings (SSSR count). The second-order valence-corrected chi connectivity index (χ2v) is 9.16. The van der Waals surface area contributed by atoms with Crippen LogP contribution in [0.15, 0.2) is 34.4 Å². The molecule has 0 bridgehead atoms. The summed E-state index contributed by atoms with van der Waals surface area (Å²) >= 11 is 0. The minimum Gasteiger partial charge on any atom is -0.496 e. The zero-order chi connectivity index (χ0) is 24.8. The van der Waals surface area contributed by atoms with Gasteiger partial charge in [0, 0.05) is 12.0 Å². The van der Waals surface area contributed by atoms with Crippen molar-refractivity contribution >= 4 is 11.7 Å². The molecule has 184 valence electrons. The third-order valence-corrected chi connectivity index (χ3v) is 7.83. The highest BCUT2D eigenvalue weighted by molar-refractivity contribution is 6.10. The van der Waals surface area contributed by atoms with E-state index in [1.807, 2.05) is 12.1 Å². The maximum atomic E-state index is 11.8. The number of methoxy groups -OCH3 is 5. The number of allylic oxidation sites excluding steroid dienone is 2. The summed E-state index contributed by atoms with van der Waals surface area (Å²) < 4.78 is 29.4. The van der Waals surface area contributed by atoms with Crippen LogP contribution in [-0.2, 0) is 30.9 Å². The largest absolute Gasteiger partial charge is 0.496 e. The van der Waals surface area contributed by atoms with Gasteiger partial charge in [-0.1, -0.05) is 25.9 Å². The predicted molar refractivity (Wildman–Crippen MR) is 126 cm³/mol. The van der Waals surface area contributed by atoms with Crippen LogP contribution in [0.25, 0.3) is 0 Å². The van der Waals surface area contributed by atoms with E-state index in [-0.39, 0.29) is 11.8 Å². The number of benzene rings is 1. The molecule has 0 aliphatic heterocycles. The number of rotatable bonds is 7. The van der Waals surface area contributed by atoms with Crippen LogP contribution >= 0.6 is 0 Å². The Labute approximate surface area is 200 Å². The second-order valence-electron chi connectivity index (χ2n) is 9.16. The summed E-state index contributed by atoms with van der Waals surface area (Å²) in [5.41, 5.74) is 2.72. The smallest absolute Gasteiger partial charge is 0.334 e. The summed E-state index contributed by atoms with van der Waals surface area (Å²) in [5.74, 6) is 2.70. The van der Waals surface area contributed by atoms with Gasteiger partial charge < -0.3 is 28.5 Å². The number of oxime groups is 1. The first-order chi connectivity index (χ1) is 16.3. The highest BCUT2D eigenvalue weighted by atomic mass is 16.7. The van der Waals surface area contributed by atoms with E-state index >= 15 is 0 Å².